The highest BCUT2D eigenvalue weighted by Gasteiger charge is 2.26. The molecule has 1 heterocycles. The van der Waals surface area contributed by atoms with Crippen LogP contribution >= 0.6 is 15.9 Å². The predicted molar refractivity (Wildman–Crippen MR) is 96.1 cm³/mol. The summed E-state index contributed by atoms with van der Waals surface area (Å²) in [6.45, 7) is 11.4. The van der Waals surface area contributed by atoms with Gasteiger partial charge >= 0.3 is 0 Å². The van der Waals surface area contributed by atoms with Gasteiger partial charge in [0.2, 0.25) is 0 Å². The van der Waals surface area contributed by atoms with Gasteiger partial charge in [-0.05, 0) is 79.2 Å². The summed E-state index contributed by atoms with van der Waals surface area (Å²) < 4.78 is 1.23. The summed E-state index contributed by atoms with van der Waals surface area (Å²) in [4.78, 5) is 2.56. The van der Waals surface area contributed by atoms with Crippen LogP contribution in [-0.4, -0.2) is 19.1 Å². The zero-order valence-electron chi connectivity index (χ0n) is 13.8. The number of nitrogens with zero attached hydrogens (tertiary/aromatic N) is 1. The summed E-state index contributed by atoms with van der Waals surface area (Å²) >= 11 is 3.80. The average molecular weight is 353 g/mol. The Morgan fingerprint density at radius 3 is 2.81 bits per heavy atom. The summed E-state index contributed by atoms with van der Waals surface area (Å²) in [6, 6.07) is 7.89. The van der Waals surface area contributed by atoms with Gasteiger partial charge in [0.05, 0.1) is 5.69 Å². The molecule has 1 aromatic carbocycles. The lowest BCUT2D eigenvalue weighted by molar-refractivity contribution is 0.363. The summed E-state index contributed by atoms with van der Waals surface area (Å²) in [5.41, 5.74) is 2.71. The van der Waals surface area contributed by atoms with Crippen LogP contribution in [0.15, 0.2) is 22.7 Å². The van der Waals surface area contributed by atoms with Crippen molar-refractivity contribution in [3.8, 4) is 0 Å². The molecule has 0 amide bonds. The Balaban J connectivity index is 2.15. The van der Waals surface area contributed by atoms with Gasteiger partial charge in [-0.1, -0.05) is 19.9 Å². The number of nitrogens with one attached hydrogen (secondary N) is 1. The van der Waals surface area contributed by atoms with Crippen molar-refractivity contribution in [1.82, 2.24) is 5.32 Å². The monoisotopic (exact) mass is 352 g/mol. The maximum atomic E-state index is 3.80. The molecule has 0 aliphatic carbocycles. The van der Waals surface area contributed by atoms with E-state index in [-0.39, 0.29) is 0 Å². The molecule has 0 bridgehead atoms. The molecule has 0 aromatic heterocycles. The van der Waals surface area contributed by atoms with Crippen molar-refractivity contribution in [2.75, 3.05) is 18.0 Å². The Hall–Kier alpha value is -0.540. The lowest BCUT2D eigenvalue weighted by Gasteiger charge is -2.40. The lowest BCUT2D eigenvalue weighted by atomic mass is 9.91. The molecule has 2 nitrogen and oxygen atoms in total. The van der Waals surface area contributed by atoms with Gasteiger partial charge in [-0.15, -0.1) is 0 Å². The normalized spacial score (nSPS) is 24.1. The molecule has 2 rings (SSSR count). The van der Waals surface area contributed by atoms with E-state index in [0.717, 1.165) is 12.5 Å². The third-order valence-electron chi connectivity index (χ3n) is 4.86. The highest BCUT2D eigenvalue weighted by Crippen LogP contribution is 2.35. The number of halogens is 1. The number of hydrogen-bond donors (Lipinski definition) is 1. The molecule has 1 aliphatic heterocycles. The van der Waals surface area contributed by atoms with E-state index in [4.69, 9.17) is 0 Å². The minimum Gasteiger partial charge on any atom is -0.368 e. The van der Waals surface area contributed by atoms with Crippen molar-refractivity contribution in [1.29, 1.82) is 0 Å². The SMILES string of the molecule is CCCNC(C)c1ccc(N2CCCC(C)C2C)c(Br)c1. The number of piperidine rings is 1. The van der Waals surface area contributed by atoms with Gasteiger partial charge in [-0.2, -0.15) is 0 Å². The van der Waals surface area contributed by atoms with Gasteiger partial charge < -0.3 is 10.2 Å². The molecule has 3 unspecified atom stereocenters. The first kappa shape index (κ1) is 16.8. The Kier molecular flexibility index (Phi) is 6.12. The fourth-order valence-electron chi connectivity index (χ4n) is 3.18. The smallest absolute Gasteiger partial charge is 0.0513 e. The maximum Gasteiger partial charge on any atom is 0.0513 e. The second kappa shape index (κ2) is 7.64. The van der Waals surface area contributed by atoms with Gasteiger partial charge in [0.25, 0.3) is 0 Å². The molecule has 21 heavy (non-hydrogen) atoms. The third kappa shape index (κ3) is 4.01. The van der Waals surface area contributed by atoms with Crippen molar-refractivity contribution in [3.63, 3.8) is 0 Å². The first-order valence-corrected chi connectivity index (χ1v) is 9.13. The highest BCUT2D eigenvalue weighted by molar-refractivity contribution is 9.10. The molecule has 1 fully saturated rings. The Morgan fingerprint density at radius 1 is 1.38 bits per heavy atom. The van der Waals surface area contributed by atoms with Gasteiger partial charge in [-0.3, -0.25) is 0 Å². The van der Waals surface area contributed by atoms with Gasteiger partial charge in [-0.25, -0.2) is 0 Å². The topological polar surface area (TPSA) is 15.3 Å². The van der Waals surface area contributed by atoms with Crippen LogP contribution in [0.3, 0.4) is 0 Å². The number of benzene rings is 1. The molecular weight excluding hydrogens is 324 g/mol. The van der Waals surface area contributed by atoms with E-state index in [9.17, 15) is 0 Å². The molecule has 0 radical (unpaired) electrons. The van der Waals surface area contributed by atoms with E-state index in [2.05, 4.69) is 72.0 Å². The van der Waals surface area contributed by atoms with Gasteiger partial charge in [0.1, 0.15) is 0 Å². The van der Waals surface area contributed by atoms with E-state index in [1.807, 2.05) is 0 Å². The number of hydrogen-bond acceptors (Lipinski definition) is 2. The largest absolute Gasteiger partial charge is 0.368 e. The van der Waals surface area contributed by atoms with Crippen LogP contribution in [0.1, 0.15) is 58.6 Å². The second-order valence-corrected chi connectivity index (χ2v) is 7.29. The van der Waals surface area contributed by atoms with Crippen molar-refractivity contribution in [3.05, 3.63) is 28.2 Å². The van der Waals surface area contributed by atoms with Crippen molar-refractivity contribution < 1.29 is 0 Å². The third-order valence-corrected chi connectivity index (χ3v) is 5.49. The standard InChI is InChI=1S/C18H29BrN2/c1-5-10-20-14(3)16-8-9-18(17(19)12-16)21-11-6-7-13(2)15(21)4/h8-9,12-15,20H,5-7,10-11H2,1-4H3. The molecule has 1 aromatic rings. The van der Waals surface area contributed by atoms with Crippen LogP contribution < -0.4 is 10.2 Å². The molecule has 1 N–H and O–H groups in total. The number of rotatable bonds is 5. The predicted octanol–water partition coefficient (Wildman–Crippen LogP) is 5.13. The zero-order valence-corrected chi connectivity index (χ0v) is 15.4. The first-order valence-electron chi connectivity index (χ1n) is 8.34. The maximum absolute atomic E-state index is 3.80. The van der Waals surface area contributed by atoms with Gasteiger partial charge in [0.15, 0.2) is 0 Å². The van der Waals surface area contributed by atoms with E-state index >= 15 is 0 Å². The lowest BCUT2D eigenvalue weighted by Crippen LogP contribution is -2.42. The quantitative estimate of drug-likeness (QED) is 0.789. The highest BCUT2D eigenvalue weighted by atomic mass is 79.9. The Morgan fingerprint density at radius 2 is 2.14 bits per heavy atom. The molecule has 0 saturated carbocycles. The van der Waals surface area contributed by atoms with E-state index < -0.39 is 0 Å². The van der Waals surface area contributed by atoms with Crippen LogP contribution in [0.25, 0.3) is 0 Å². The van der Waals surface area contributed by atoms with Crippen LogP contribution in [0.2, 0.25) is 0 Å². The summed E-state index contributed by atoms with van der Waals surface area (Å²) in [5, 5.41) is 3.56. The summed E-state index contributed by atoms with van der Waals surface area (Å²) in [5.74, 6) is 0.774. The number of anilines is 1. The summed E-state index contributed by atoms with van der Waals surface area (Å²) in [7, 11) is 0. The van der Waals surface area contributed by atoms with E-state index in [1.165, 1.54) is 41.5 Å². The molecule has 3 heteroatoms. The Bertz CT molecular complexity index is 461. The van der Waals surface area contributed by atoms with E-state index in [1.54, 1.807) is 0 Å². The minimum absolute atomic E-state index is 0.410. The van der Waals surface area contributed by atoms with Crippen molar-refractivity contribution in [2.24, 2.45) is 5.92 Å². The fraction of sp³-hybridized carbons (Fsp3) is 0.667. The van der Waals surface area contributed by atoms with Crippen LogP contribution in [0.5, 0.6) is 0 Å². The molecule has 118 valence electrons. The van der Waals surface area contributed by atoms with Crippen molar-refractivity contribution >= 4 is 21.6 Å². The Labute approximate surface area is 138 Å². The molecule has 0 spiro atoms. The van der Waals surface area contributed by atoms with Crippen LogP contribution in [-0.2, 0) is 0 Å². The zero-order chi connectivity index (χ0) is 15.4. The van der Waals surface area contributed by atoms with Crippen LogP contribution in [0.4, 0.5) is 5.69 Å². The second-order valence-electron chi connectivity index (χ2n) is 6.44. The first-order chi connectivity index (χ1) is 10.0. The average Bonchev–Trinajstić information content (AvgIpc) is 2.48. The minimum atomic E-state index is 0.410. The van der Waals surface area contributed by atoms with Gasteiger partial charge in [0, 0.05) is 23.1 Å². The molecule has 1 saturated heterocycles. The molecule has 1 aliphatic rings. The van der Waals surface area contributed by atoms with E-state index in [0.29, 0.717) is 12.1 Å². The van der Waals surface area contributed by atoms with Crippen LogP contribution in [0, 0.1) is 5.92 Å². The summed E-state index contributed by atoms with van der Waals surface area (Å²) in [6.07, 6.45) is 3.83. The molecular formula is C18H29BrN2. The van der Waals surface area contributed by atoms with Crippen molar-refractivity contribution in [2.45, 2.75) is 59.0 Å². The molecule has 3 atom stereocenters. The fourth-order valence-corrected chi connectivity index (χ4v) is 3.80.